The van der Waals surface area contributed by atoms with Crippen molar-refractivity contribution in [3.8, 4) is 0 Å². The molecule has 0 atom stereocenters. The van der Waals surface area contributed by atoms with Gasteiger partial charge < -0.3 is 5.32 Å². The highest BCUT2D eigenvalue weighted by molar-refractivity contribution is 6.36. The smallest absolute Gasteiger partial charge is 0.302 e. The zero-order valence-electron chi connectivity index (χ0n) is 14.4. The van der Waals surface area contributed by atoms with Gasteiger partial charge in [-0.1, -0.05) is 52.5 Å². The van der Waals surface area contributed by atoms with Crippen LogP contribution in [0.2, 0.25) is 20.1 Å². The summed E-state index contributed by atoms with van der Waals surface area (Å²) in [5.41, 5.74) is -1.15. The molecule has 0 fully saturated rings. The first-order chi connectivity index (χ1) is 13.5. The minimum atomic E-state index is -4.80. The van der Waals surface area contributed by atoms with E-state index >= 15 is 0 Å². The number of benzene rings is 1. The van der Waals surface area contributed by atoms with Crippen LogP contribution in [0, 0.1) is 0 Å². The van der Waals surface area contributed by atoms with E-state index in [9.17, 15) is 18.0 Å². The lowest BCUT2D eigenvalue weighted by molar-refractivity contribution is -0.141. The molecule has 6 nitrogen and oxygen atoms in total. The summed E-state index contributed by atoms with van der Waals surface area (Å²) in [5.74, 6) is -1.01. The van der Waals surface area contributed by atoms with Crippen LogP contribution in [0.4, 0.5) is 19.0 Å². The molecule has 0 unspecified atom stereocenters. The van der Waals surface area contributed by atoms with Gasteiger partial charge in [-0.25, -0.2) is 0 Å². The second kappa shape index (κ2) is 8.06. The number of aryl methyl sites for hydroxylation is 1. The number of hydrogen-bond acceptors (Lipinski definition) is 3. The van der Waals surface area contributed by atoms with E-state index in [0.717, 1.165) is 4.68 Å². The second-order valence-corrected chi connectivity index (χ2v) is 7.47. The van der Waals surface area contributed by atoms with Gasteiger partial charge in [0.15, 0.2) is 11.5 Å². The first-order valence-corrected chi connectivity index (χ1v) is 9.26. The zero-order chi connectivity index (χ0) is 21.5. The number of nitrogens with zero attached hydrogens (tertiary/aromatic N) is 4. The fourth-order valence-electron chi connectivity index (χ4n) is 2.48. The van der Waals surface area contributed by atoms with Crippen LogP contribution in [-0.4, -0.2) is 25.5 Å². The Bertz CT molecular complexity index is 1090. The molecule has 1 aromatic carbocycles. The number of hydrogen-bond donors (Lipinski definition) is 1. The molecule has 0 spiro atoms. The Morgan fingerprint density at radius 3 is 2.41 bits per heavy atom. The lowest BCUT2D eigenvalue weighted by Crippen LogP contribution is -2.17. The van der Waals surface area contributed by atoms with E-state index in [1.54, 1.807) is 18.2 Å². The lowest BCUT2D eigenvalue weighted by Gasteiger charge is -2.06. The van der Waals surface area contributed by atoms with Crippen molar-refractivity contribution in [3.05, 3.63) is 61.4 Å². The fourth-order valence-corrected chi connectivity index (χ4v) is 3.50. The lowest BCUT2D eigenvalue weighted by atomic mass is 10.2. The highest BCUT2D eigenvalue weighted by Gasteiger charge is 2.39. The highest BCUT2D eigenvalue weighted by Crippen LogP contribution is 2.35. The standard InChI is InChI=1S/C16H10Cl4F3N5O/c1-27-12(11(20)13(25-27)16(21,22)23)15(29)24-14-10(19)6-28(26-14)5-7-2-3-8(17)4-9(7)18/h2-4,6H,5H2,1H3,(H,24,26,29). The Morgan fingerprint density at radius 1 is 1.14 bits per heavy atom. The average Bonchev–Trinajstić information content (AvgIpc) is 3.09. The van der Waals surface area contributed by atoms with E-state index in [-0.39, 0.29) is 17.4 Å². The van der Waals surface area contributed by atoms with Gasteiger partial charge in [0.2, 0.25) is 0 Å². The van der Waals surface area contributed by atoms with E-state index in [4.69, 9.17) is 46.4 Å². The molecule has 0 aliphatic heterocycles. The normalized spacial score (nSPS) is 11.7. The molecule has 154 valence electrons. The number of halogens is 7. The summed E-state index contributed by atoms with van der Waals surface area (Å²) in [5, 5.41) is 9.84. The van der Waals surface area contributed by atoms with E-state index < -0.39 is 28.5 Å². The Kier molecular flexibility index (Phi) is 6.05. The van der Waals surface area contributed by atoms with Crippen LogP contribution in [0.1, 0.15) is 21.7 Å². The molecule has 0 saturated heterocycles. The van der Waals surface area contributed by atoms with E-state index in [0.29, 0.717) is 15.6 Å². The van der Waals surface area contributed by atoms with Crippen molar-refractivity contribution < 1.29 is 18.0 Å². The predicted molar refractivity (Wildman–Crippen MR) is 104 cm³/mol. The van der Waals surface area contributed by atoms with Gasteiger partial charge in [-0.05, 0) is 17.7 Å². The average molecular weight is 487 g/mol. The number of carbonyl (C=O) groups is 1. The van der Waals surface area contributed by atoms with Crippen molar-refractivity contribution in [1.82, 2.24) is 19.6 Å². The van der Waals surface area contributed by atoms with Crippen LogP contribution >= 0.6 is 46.4 Å². The number of alkyl halides is 3. The third-order valence-corrected chi connectivity index (χ3v) is 4.99. The number of amides is 1. The van der Waals surface area contributed by atoms with Crippen LogP contribution in [0.5, 0.6) is 0 Å². The molecule has 13 heteroatoms. The molecule has 1 amide bonds. The molecule has 3 rings (SSSR count). The van der Waals surface area contributed by atoms with Gasteiger partial charge in [0.1, 0.15) is 15.7 Å². The number of nitrogens with one attached hydrogen (secondary N) is 1. The molecule has 0 bridgehead atoms. The third kappa shape index (κ3) is 4.63. The molecular weight excluding hydrogens is 477 g/mol. The molecule has 0 aliphatic rings. The first-order valence-electron chi connectivity index (χ1n) is 7.75. The summed E-state index contributed by atoms with van der Waals surface area (Å²) in [6, 6.07) is 4.92. The van der Waals surface area contributed by atoms with Gasteiger partial charge in [-0.2, -0.15) is 23.4 Å². The van der Waals surface area contributed by atoms with Gasteiger partial charge >= 0.3 is 6.18 Å². The maximum atomic E-state index is 12.9. The van der Waals surface area contributed by atoms with Crippen LogP contribution in [0.25, 0.3) is 0 Å². The Balaban J connectivity index is 1.83. The molecule has 2 aromatic heterocycles. The van der Waals surface area contributed by atoms with E-state index in [1.807, 2.05) is 0 Å². The van der Waals surface area contributed by atoms with Crippen molar-refractivity contribution in [2.45, 2.75) is 12.7 Å². The number of aromatic nitrogens is 4. The van der Waals surface area contributed by atoms with Crippen molar-refractivity contribution in [2.24, 2.45) is 7.05 Å². The van der Waals surface area contributed by atoms with Gasteiger partial charge in [0, 0.05) is 23.3 Å². The summed E-state index contributed by atoms with van der Waals surface area (Å²) < 4.78 is 40.9. The van der Waals surface area contributed by atoms with Crippen molar-refractivity contribution in [2.75, 3.05) is 5.32 Å². The number of anilines is 1. The van der Waals surface area contributed by atoms with E-state index in [1.165, 1.54) is 17.9 Å². The molecular formula is C16H10Cl4F3N5O. The molecule has 3 aromatic rings. The molecule has 1 N–H and O–H groups in total. The second-order valence-electron chi connectivity index (χ2n) is 5.85. The summed E-state index contributed by atoms with van der Waals surface area (Å²) in [6.07, 6.45) is -3.38. The number of rotatable bonds is 4. The third-order valence-electron chi connectivity index (χ3n) is 3.77. The predicted octanol–water partition coefficient (Wildman–Crippen LogP) is 5.55. The van der Waals surface area contributed by atoms with Crippen molar-refractivity contribution in [3.63, 3.8) is 0 Å². The quantitative estimate of drug-likeness (QED) is 0.525. The van der Waals surface area contributed by atoms with Crippen molar-refractivity contribution in [1.29, 1.82) is 0 Å². The maximum Gasteiger partial charge on any atom is 0.436 e. The maximum absolute atomic E-state index is 12.9. The van der Waals surface area contributed by atoms with Gasteiger partial charge in [0.05, 0.1) is 6.54 Å². The fraction of sp³-hybridized carbons (Fsp3) is 0.188. The highest BCUT2D eigenvalue weighted by atomic mass is 35.5. The molecule has 0 aliphatic carbocycles. The van der Waals surface area contributed by atoms with Gasteiger partial charge in [0.25, 0.3) is 5.91 Å². The topological polar surface area (TPSA) is 64.7 Å². The minimum Gasteiger partial charge on any atom is -0.302 e. The summed E-state index contributed by atoms with van der Waals surface area (Å²) >= 11 is 23.8. The first kappa shape index (κ1) is 21.8. The van der Waals surface area contributed by atoms with Crippen LogP contribution in [0.3, 0.4) is 0 Å². The Morgan fingerprint density at radius 2 is 1.83 bits per heavy atom. The molecule has 2 heterocycles. The largest absolute Gasteiger partial charge is 0.436 e. The van der Waals surface area contributed by atoms with E-state index in [2.05, 4.69) is 15.5 Å². The Hall–Kier alpha value is -1.94. The van der Waals surface area contributed by atoms with Crippen LogP contribution in [-0.2, 0) is 19.8 Å². The van der Waals surface area contributed by atoms with Crippen LogP contribution in [0.15, 0.2) is 24.4 Å². The molecule has 0 saturated carbocycles. The summed E-state index contributed by atoms with van der Waals surface area (Å²) in [7, 11) is 1.17. The monoisotopic (exact) mass is 485 g/mol. The van der Waals surface area contributed by atoms with Crippen molar-refractivity contribution >= 4 is 58.1 Å². The Labute approximate surface area is 182 Å². The summed E-state index contributed by atoms with van der Waals surface area (Å²) in [4.78, 5) is 12.4. The van der Waals surface area contributed by atoms with Gasteiger partial charge in [-0.3, -0.25) is 14.2 Å². The summed E-state index contributed by atoms with van der Waals surface area (Å²) in [6.45, 7) is 0.219. The van der Waals surface area contributed by atoms with Gasteiger partial charge in [-0.15, -0.1) is 0 Å². The molecule has 29 heavy (non-hydrogen) atoms. The minimum absolute atomic E-state index is 0.0624. The number of carbonyl (C=O) groups excluding carboxylic acids is 1. The van der Waals surface area contributed by atoms with Crippen LogP contribution < -0.4 is 5.32 Å². The zero-order valence-corrected chi connectivity index (χ0v) is 17.4. The SMILES string of the molecule is Cn1nc(C(F)(F)F)c(Cl)c1C(=O)Nc1nn(Cc2ccc(Cl)cc2Cl)cc1Cl. The molecule has 0 radical (unpaired) electrons.